The van der Waals surface area contributed by atoms with E-state index < -0.39 is 10.0 Å². The number of hydrogen-bond donors (Lipinski definition) is 2. The molecule has 0 unspecified atom stereocenters. The maximum Gasteiger partial charge on any atom is 0.263 e. The number of pyridine rings is 1. The van der Waals surface area contributed by atoms with E-state index in [1.807, 2.05) is 30.3 Å². The van der Waals surface area contributed by atoms with Crippen molar-refractivity contribution >= 4 is 32.4 Å². The Hall–Kier alpha value is -2.60. The molecule has 0 aliphatic heterocycles. The predicted octanol–water partition coefficient (Wildman–Crippen LogP) is 2.62. The molecule has 3 rings (SSSR count). The third kappa shape index (κ3) is 2.80. The van der Waals surface area contributed by atoms with Gasteiger partial charge in [0.05, 0.1) is 10.4 Å². The van der Waals surface area contributed by atoms with Crippen LogP contribution in [0.5, 0.6) is 0 Å². The molecule has 5 nitrogen and oxygen atoms in total. The Morgan fingerprint density at radius 3 is 2.38 bits per heavy atom. The van der Waals surface area contributed by atoms with Crippen molar-refractivity contribution in [1.82, 2.24) is 4.98 Å². The molecule has 6 heteroatoms. The summed E-state index contributed by atoms with van der Waals surface area (Å²) in [5, 5.41) is 0.952. The van der Waals surface area contributed by atoms with Crippen LogP contribution in [-0.4, -0.2) is 13.4 Å². The molecule has 21 heavy (non-hydrogen) atoms. The van der Waals surface area contributed by atoms with Crippen molar-refractivity contribution in [3.63, 3.8) is 0 Å². The molecule has 0 bridgehead atoms. The zero-order valence-electron chi connectivity index (χ0n) is 11.0. The van der Waals surface area contributed by atoms with Crippen LogP contribution in [0.25, 0.3) is 10.9 Å². The first-order chi connectivity index (χ1) is 10.0. The van der Waals surface area contributed by atoms with Gasteiger partial charge >= 0.3 is 0 Å². The molecule has 0 aliphatic rings. The second kappa shape index (κ2) is 5.06. The fraction of sp³-hybridized carbons (Fsp3) is 0. The maximum atomic E-state index is 12.3. The number of benzene rings is 2. The van der Waals surface area contributed by atoms with E-state index >= 15 is 0 Å². The van der Waals surface area contributed by atoms with Crippen LogP contribution < -0.4 is 10.5 Å². The predicted molar refractivity (Wildman–Crippen MR) is 83.4 cm³/mol. The summed E-state index contributed by atoms with van der Waals surface area (Å²) in [5.74, 6) is 0.283. The summed E-state index contributed by atoms with van der Waals surface area (Å²) < 4.78 is 27.0. The van der Waals surface area contributed by atoms with Gasteiger partial charge in [-0.25, -0.2) is 13.4 Å². The van der Waals surface area contributed by atoms with Gasteiger partial charge in [0.1, 0.15) is 5.82 Å². The standard InChI is InChI=1S/C15H13N3O2S/c16-12-6-8-13(9-7-12)21(19,20)18-15-10-5-11-3-1-2-4-14(11)17-15/h1-10H,16H2,(H,17,18). The number of nitrogens with two attached hydrogens (primary N) is 1. The van der Waals surface area contributed by atoms with Crippen molar-refractivity contribution in [2.45, 2.75) is 4.90 Å². The Labute approximate surface area is 122 Å². The van der Waals surface area contributed by atoms with Crippen LogP contribution >= 0.6 is 0 Å². The van der Waals surface area contributed by atoms with Crippen LogP contribution in [0, 0.1) is 0 Å². The Kier molecular flexibility index (Phi) is 3.23. The smallest absolute Gasteiger partial charge is 0.263 e. The Bertz CT molecular complexity index is 890. The first-order valence-electron chi connectivity index (χ1n) is 6.29. The Balaban J connectivity index is 1.95. The summed E-state index contributed by atoms with van der Waals surface area (Å²) in [4.78, 5) is 4.43. The fourth-order valence-electron chi connectivity index (χ4n) is 1.97. The molecular formula is C15H13N3O2S. The minimum absolute atomic E-state index is 0.145. The van der Waals surface area contributed by atoms with Crippen molar-refractivity contribution < 1.29 is 8.42 Å². The molecule has 0 atom stereocenters. The molecule has 2 aromatic carbocycles. The lowest BCUT2D eigenvalue weighted by molar-refractivity contribution is 0.601. The van der Waals surface area contributed by atoms with Crippen LogP contribution in [0.3, 0.4) is 0 Å². The lowest BCUT2D eigenvalue weighted by Gasteiger charge is -2.08. The molecule has 3 aromatic rings. The summed E-state index contributed by atoms with van der Waals surface area (Å²) >= 11 is 0. The van der Waals surface area contributed by atoms with Crippen molar-refractivity contribution in [3.05, 3.63) is 60.7 Å². The zero-order chi connectivity index (χ0) is 14.9. The minimum atomic E-state index is -3.67. The number of para-hydroxylation sites is 1. The third-order valence-electron chi connectivity index (χ3n) is 3.03. The summed E-state index contributed by atoms with van der Waals surface area (Å²) in [6, 6.07) is 17.0. The normalized spacial score (nSPS) is 11.4. The monoisotopic (exact) mass is 299 g/mol. The molecule has 0 fully saturated rings. The van der Waals surface area contributed by atoms with E-state index in [9.17, 15) is 8.42 Å². The number of rotatable bonds is 3. The molecule has 0 radical (unpaired) electrons. The van der Waals surface area contributed by atoms with Gasteiger partial charge < -0.3 is 5.73 Å². The lowest BCUT2D eigenvalue weighted by Crippen LogP contribution is -2.13. The maximum absolute atomic E-state index is 12.3. The van der Waals surface area contributed by atoms with Gasteiger partial charge in [0.15, 0.2) is 0 Å². The van der Waals surface area contributed by atoms with Gasteiger partial charge in [-0.2, -0.15) is 0 Å². The molecule has 1 heterocycles. The minimum Gasteiger partial charge on any atom is -0.399 e. The molecule has 0 saturated heterocycles. The van der Waals surface area contributed by atoms with Gasteiger partial charge in [-0.3, -0.25) is 4.72 Å². The topological polar surface area (TPSA) is 85.1 Å². The van der Waals surface area contributed by atoms with Gasteiger partial charge in [0.2, 0.25) is 0 Å². The number of sulfonamides is 1. The highest BCUT2D eigenvalue weighted by Gasteiger charge is 2.14. The second-order valence-electron chi connectivity index (χ2n) is 4.56. The lowest BCUT2D eigenvalue weighted by atomic mass is 10.2. The van der Waals surface area contributed by atoms with Crippen LogP contribution in [0.2, 0.25) is 0 Å². The average molecular weight is 299 g/mol. The van der Waals surface area contributed by atoms with Crippen molar-refractivity contribution in [2.24, 2.45) is 0 Å². The van der Waals surface area contributed by atoms with E-state index in [0.29, 0.717) is 5.69 Å². The highest BCUT2D eigenvalue weighted by molar-refractivity contribution is 7.92. The molecule has 0 saturated carbocycles. The number of nitrogen functional groups attached to an aromatic ring is 1. The number of nitrogens with one attached hydrogen (secondary N) is 1. The Morgan fingerprint density at radius 1 is 0.905 bits per heavy atom. The first-order valence-corrected chi connectivity index (χ1v) is 7.77. The van der Waals surface area contributed by atoms with Gasteiger partial charge in [-0.1, -0.05) is 18.2 Å². The highest BCUT2D eigenvalue weighted by atomic mass is 32.2. The first kappa shape index (κ1) is 13.4. The van der Waals surface area contributed by atoms with E-state index in [1.54, 1.807) is 18.2 Å². The SMILES string of the molecule is Nc1ccc(S(=O)(=O)Nc2ccc3ccccc3n2)cc1. The van der Waals surface area contributed by atoms with E-state index in [4.69, 9.17) is 5.73 Å². The largest absolute Gasteiger partial charge is 0.399 e. The second-order valence-corrected chi connectivity index (χ2v) is 6.25. The van der Waals surface area contributed by atoms with E-state index in [2.05, 4.69) is 9.71 Å². The number of aromatic nitrogens is 1. The van der Waals surface area contributed by atoms with Crippen LogP contribution in [0.15, 0.2) is 65.6 Å². The van der Waals surface area contributed by atoms with Crippen LogP contribution in [0.4, 0.5) is 11.5 Å². The van der Waals surface area contributed by atoms with Crippen molar-refractivity contribution in [2.75, 3.05) is 10.5 Å². The quantitative estimate of drug-likeness (QED) is 0.728. The molecule has 106 valence electrons. The molecule has 1 aromatic heterocycles. The van der Waals surface area contributed by atoms with Gasteiger partial charge in [-0.05, 0) is 42.5 Å². The molecule has 3 N–H and O–H groups in total. The van der Waals surface area contributed by atoms with Crippen LogP contribution in [-0.2, 0) is 10.0 Å². The van der Waals surface area contributed by atoms with Crippen molar-refractivity contribution in [3.8, 4) is 0 Å². The van der Waals surface area contributed by atoms with Crippen molar-refractivity contribution in [1.29, 1.82) is 0 Å². The summed E-state index contributed by atoms with van der Waals surface area (Å²) in [6.07, 6.45) is 0. The van der Waals surface area contributed by atoms with E-state index in [-0.39, 0.29) is 10.7 Å². The van der Waals surface area contributed by atoms with E-state index in [0.717, 1.165) is 10.9 Å². The Morgan fingerprint density at radius 2 is 1.62 bits per heavy atom. The van der Waals surface area contributed by atoms with Gasteiger partial charge in [-0.15, -0.1) is 0 Å². The van der Waals surface area contributed by atoms with Gasteiger partial charge in [0.25, 0.3) is 10.0 Å². The van der Waals surface area contributed by atoms with E-state index in [1.165, 1.54) is 12.1 Å². The average Bonchev–Trinajstić information content (AvgIpc) is 2.47. The molecule has 0 amide bonds. The summed E-state index contributed by atoms with van der Waals surface area (Å²) in [7, 11) is -3.67. The number of anilines is 2. The van der Waals surface area contributed by atoms with Crippen LogP contribution in [0.1, 0.15) is 0 Å². The molecule has 0 aliphatic carbocycles. The number of fused-ring (bicyclic) bond motifs is 1. The third-order valence-corrected chi connectivity index (χ3v) is 4.40. The summed E-state index contributed by atoms with van der Waals surface area (Å²) in [5.41, 5.74) is 6.80. The number of hydrogen-bond acceptors (Lipinski definition) is 4. The highest BCUT2D eigenvalue weighted by Crippen LogP contribution is 2.18. The summed E-state index contributed by atoms with van der Waals surface area (Å²) in [6.45, 7) is 0. The fourth-order valence-corrected chi connectivity index (χ4v) is 2.97. The number of nitrogens with zero attached hydrogens (tertiary/aromatic N) is 1. The zero-order valence-corrected chi connectivity index (χ0v) is 11.8. The molecular weight excluding hydrogens is 286 g/mol. The van der Waals surface area contributed by atoms with Gasteiger partial charge in [0, 0.05) is 11.1 Å². The molecule has 0 spiro atoms.